The zero-order valence-electron chi connectivity index (χ0n) is 8.41. The van der Waals surface area contributed by atoms with E-state index in [1.165, 1.54) is 17.4 Å². The Labute approximate surface area is 105 Å². The number of rotatable bonds is 3. The summed E-state index contributed by atoms with van der Waals surface area (Å²) in [5.41, 5.74) is 6.91. The van der Waals surface area contributed by atoms with E-state index in [0.29, 0.717) is 23.5 Å². The number of thiazole rings is 1. The number of benzene rings is 1. The van der Waals surface area contributed by atoms with Gasteiger partial charge in [-0.3, -0.25) is 0 Å². The fourth-order valence-corrected chi connectivity index (χ4v) is 2.99. The summed E-state index contributed by atoms with van der Waals surface area (Å²) in [6.45, 7) is 0.541. The standard InChI is InChI=1S/C11H10BrFN2S/c12-10-9(5-6-14)15-11(16-10)7-3-1-2-4-8(7)13/h1-4H,5-6,14H2. The topological polar surface area (TPSA) is 38.9 Å². The fraction of sp³-hybridized carbons (Fsp3) is 0.182. The molecule has 0 aliphatic heterocycles. The quantitative estimate of drug-likeness (QED) is 0.945. The predicted octanol–water partition coefficient (Wildman–Crippen LogP) is 3.21. The summed E-state index contributed by atoms with van der Waals surface area (Å²) < 4.78 is 14.5. The Balaban J connectivity index is 2.42. The van der Waals surface area contributed by atoms with Crippen LogP contribution in [-0.2, 0) is 6.42 Å². The second kappa shape index (κ2) is 5.03. The van der Waals surface area contributed by atoms with Gasteiger partial charge in [-0.25, -0.2) is 9.37 Å². The van der Waals surface area contributed by atoms with Crippen LogP contribution in [0, 0.1) is 5.82 Å². The van der Waals surface area contributed by atoms with E-state index in [0.717, 1.165) is 9.48 Å². The lowest BCUT2D eigenvalue weighted by Gasteiger charge is -1.96. The fourth-order valence-electron chi connectivity index (χ4n) is 1.37. The second-order valence-electron chi connectivity index (χ2n) is 3.26. The molecule has 0 atom stereocenters. The van der Waals surface area contributed by atoms with Crippen molar-refractivity contribution in [2.45, 2.75) is 6.42 Å². The molecule has 84 valence electrons. The molecule has 16 heavy (non-hydrogen) atoms. The van der Waals surface area contributed by atoms with Crippen LogP contribution in [-0.4, -0.2) is 11.5 Å². The summed E-state index contributed by atoms with van der Waals surface area (Å²) in [6, 6.07) is 6.64. The van der Waals surface area contributed by atoms with Gasteiger partial charge in [0.25, 0.3) is 0 Å². The minimum absolute atomic E-state index is 0.247. The van der Waals surface area contributed by atoms with Crippen LogP contribution < -0.4 is 5.73 Å². The van der Waals surface area contributed by atoms with Crippen molar-refractivity contribution in [2.75, 3.05) is 6.54 Å². The Morgan fingerprint density at radius 1 is 1.38 bits per heavy atom. The molecule has 0 amide bonds. The molecule has 5 heteroatoms. The third kappa shape index (κ3) is 2.31. The van der Waals surface area contributed by atoms with Crippen LogP contribution >= 0.6 is 27.3 Å². The zero-order valence-corrected chi connectivity index (χ0v) is 10.8. The van der Waals surface area contributed by atoms with Crippen molar-refractivity contribution in [1.29, 1.82) is 0 Å². The molecule has 2 N–H and O–H groups in total. The van der Waals surface area contributed by atoms with E-state index in [1.54, 1.807) is 18.2 Å². The lowest BCUT2D eigenvalue weighted by atomic mass is 10.2. The first-order chi connectivity index (χ1) is 7.72. The van der Waals surface area contributed by atoms with Gasteiger partial charge in [-0.2, -0.15) is 0 Å². The monoisotopic (exact) mass is 300 g/mol. The normalized spacial score (nSPS) is 10.7. The number of nitrogens with two attached hydrogens (primary N) is 1. The third-order valence-electron chi connectivity index (χ3n) is 2.14. The van der Waals surface area contributed by atoms with Crippen LogP contribution in [0.2, 0.25) is 0 Å². The molecule has 0 aliphatic rings. The van der Waals surface area contributed by atoms with Gasteiger partial charge in [0.05, 0.1) is 9.48 Å². The third-order valence-corrected chi connectivity index (χ3v) is 4.00. The SMILES string of the molecule is NCCc1nc(-c2ccccc2F)sc1Br. The number of nitrogens with zero attached hydrogens (tertiary/aromatic N) is 1. The molecule has 1 aromatic carbocycles. The first kappa shape index (κ1) is 11.7. The molecule has 2 rings (SSSR count). The second-order valence-corrected chi connectivity index (χ2v) is 5.57. The van der Waals surface area contributed by atoms with Crippen LogP contribution in [0.3, 0.4) is 0 Å². The first-order valence-electron chi connectivity index (χ1n) is 4.82. The van der Waals surface area contributed by atoms with Crippen molar-refractivity contribution >= 4 is 27.3 Å². The molecule has 2 aromatic rings. The van der Waals surface area contributed by atoms with E-state index < -0.39 is 0 Å². The maximum atomic E-state index is 13.5. The number of halogens is 2. The summed E-state index contributed by atoms with van der Waals surface area (Å²) in [7, 11) is 0. The zero-order chi connectivity index (χ0) is 11.5. The van der Waals surface area contributed by atoms with Gasteiger partial charge in [0.1, 0.15) is 10.8 Å². The van der Waals surface area contributed by atoms with Crippen molar-refractivity contribution < 1.29 is 4.39 Å². The van der Waals surface area contributed by atoms with Gasteiger partial charge in [-0.05, 0) is 34.6 Å². The van der Waals surface area contributed by atoms with Crippen molar-refractivity contribution in [3.05, 3.63) is 39.6 Å². The molecule has 0 radical (unpaired) electrons. The van der Waals surface area contributed by atoms with Gasteiger partial charge < -0.3 is 5.73 Å². The Kier molecular flexibility index (Phi) is 3.68. The average molecular weight is 301 g/mol. The molecule has 1 heterocycles. The molecule has 1 aromatic heterocycles. The molecule has 0 spiro atoms. The van der Waals surface area contributed by atoms with Crippen LogP contribution in [0.4, 0.5) is 4.39 Å². The van der Waals surface area contributed by atoms with Gasteiger partial charge in [0, 0.05) is 12.0 Å². The highest BCUT2D eigenvalue weighted by molar-refractivity contribution is 9.11. The molecule has 0 bridgehead atoms. The summed E-state index contributed by atoms with van der Waals surface area (Å²) in [5.74, 6) is -0.247. The van der Waals surface area contributed by atoms with Crippen molar-refractivity contribution in [1.82, 2.24) is 4.98 Å². The molecular weight excluding hydrogens is 291 g/mol. The maximum Gasteiger partial charge on any atom is 0.133 e. The minimum atomic E-state index is -0.247. The molecule has 0 unspecified atom stereocenters. The maximum absolute atomic E-state index is 13.5. The largest absolute Gasteiger partial charge is 0.330 e. The van der Waals surface area contributed by atoms with Crippen molar-refractivity contribution in [3.63, 3.8) is 0 Å². The average Bonchev–Trinajstić information content (AvgIpc) is 2.61. The summed E-state index contributed by atoms with van der Waals surface area (Å²) >= 11 is 4.85. The Hall–Kier alpha value is -0.780. The van der Waals surface area contributed by atoms with Crippen LogP contribution in [0.15, 0.2) is 28.1 Å². The van der Waals surface area contributed by atoms with E-state index >= 15 is 0 Å². The van der Waals surface area contributed by atoms with Crippen molar-refractivity contribution in [3.8, 4) is 10.6 Å². The highest BCUT2D eigenvalue weighted by atomic mass is 79.9. The van der Waals surface area contributed by atoms with E-state index in [4.69, 9.17) is 5.73 Å². The van der Waals surface area contributed by atoms with Gasteiger partial charge in [-0.1, -0.05) is 12.1 Å². The molecule has 0 aliphatic carbocycles. The van der Waals surface area contributed by atoms with Gasteiger partial charge >= 0.3 is 0 Å². The van der Waals surface area contributed by atoms with Gasteiger partial charge in [-0.15, -0.1) is 11.3 Å². The molecule has 0 fully saturated rings. The molecule has 0 saturated carbocycles. The number of hydrogen-bond donors (Lipinski definition) is 1. The van der Waals surface area contributed by atoms with Crippen molar-refractivity contribution in [2.24, 2.45) is 5.73 Å². The predicted molar refractivity (Wildman–Crippen MR) is 68.0 cm³/mol. The molecule has 2 nitrogen and oxygen atoms in total. The molecule has 0 saturated heterocycles. The summed E-state index contributed by atoms with van der Waals surface area (Å²) in [5, 5.41) is 0.688. The van der Waals surface area contributed by atoms with E-state index in [-0.39, 0.29) is 5.82 Å². The van der Waals surface area contributed by atoms with E-state index in [2.05, 4.69) is 20.9 Å². The van der Waals surface area contributed by atoms with Gasteiger partial charge in [0.15, 0.2) is 0 Å². The highest BCUT2D eigenvalue weighted by Crippen LogP contribution is 2.33. The first-order valence-corrected chi connectivity index (χ1v) is 6.43. The van der Waals surface area contributed by atoms with Crippen LogP contribution in [0.25, 0.3) is 10.6 Å². The van der Waals surface area contributed by atoms with Crippen LogP contribution in [0.1, 0.15) is 5.69 Å². The number of aromatic nitrogens is 1. The summed E-state index contributed by atoms with van der Waals surface area (Å²) in [4.78, 5) is 4.38. The minimum Gasteiger partial charge on any atom is -0.330 e. The summed E-state index contributed by atoms with van der Waals surface area (Å²) in [6.07, 6.45) is 0.700. The number of hydrogen-bond acceptors (Lipinski definition) is 3. The lowest BCUT2D eigenvalue weighted by Crippen LogP contribution is -2.03. The Morgan fingerprint density at radius 2 is 2.12 bits per heavy atom. The van der Waals surface area contributed by atoms with E-state index in [1.807, 2.05) is 0 Å². The molecular formula is C11H10BrFN2S. The lowest BCUT2D eigenvalue weighted by molar-refractivity contribution is 0.631. The Bertz CT molecular complexity index is 498. The van der Waals surface area contributed by atoms with Gasteiger partial charge in [0.2, 0.25) is 0 Å². The smallest absolute Gasteiger partial charge is 0.133 e. The van der Waals surface area contributed by atoms with Crippen LogP contribution in [0.5, 0.6) is 0 Å². The Morgan fingerprint density at radius 3 is 2.81 bits per heavy atom. The highest BCUT2D eigenvalue weighted by Gasteiger charge is 2.12. The van der Waals surface area contributed by atoms with E-state index in [9.17, 15) is 4.39 Å².